The average molecular weight is 355 g/mol. The summed E-state index contributed by atoms with van der Waals surface area (Å²) in [4.78, 5) is 27.2. The Morgan fingerprint density at radius 1 is 1.12 bits per heavy atom. The largest absolute Gasteiger partial charge is 0.444 e. The Morgan fingerprint density at radius 2 is 1.72 bits per heavy atom. The van der Waals surface area contributed by atoms with Crippen molar-refractivity contribution >= 4 is 12.1 Å². The van der Waals surface area contributed by atoms with Gasteiger partial charge in [-0.15, -0.1) is 0 Å². The Kier molecular flexibility index (Phi) is 5.81. The van der Waals surface area contributed by atoms with E-state index in [1.165, 1.54) is 6.07 Å². The number of urea groups is 1. The maximum Gasteiger partial charge on any atom is 0.410 e. The van der Waals surface area contributed by atoms with Gasteiger partial charge >= 0.3 is 12.1 Å². The molecular formula is C17H23F2N3O3. The number of carbonyl (C=O) groups excluding carboxylic acids is 2. The van der Waals surface area contributed by atoms with Crippen molar-refractivity contribution < 1.29 is 23.1 Å². The van der Waals surface area contributed by atoms with Crippen LogP contribution in [0.25, 0.3) is 0 Å². The first kappa shape index (κ1) is 19.0. The highest BCUT2D eigenvalue weighted by Crippen LogP contribution is 2.12. The maximum atomic E-state index is 13.6. The molecule has 0 aromatic heterocycles. The van der Waals surface area contributed by atoms with Crippen molar-refractivity contribution in [2.24, 2.45) is 0 Å². The normalized spacial score (nSPS) is 15.1. The molecule has 0 unspecified atom stereocenters. The molecule has 2 rings (SSSR count). The SMILES string of the molecule is CC(C)(C)OC(=O)N1CCN(C(=O)NCc2ccc(F)cc2F)CC1. The Labute approximate surface area is 145 Å². The number of benzene rings is 1. The first-order valence-electron chi connectivity index (χ1n) is 8.10. The van der Waals surface area contributed by atoms with Crippen LogP contribution >= 0.6 is 0 Å². The molecule has 0 aliphatic carbocycles. The van der Waals surface area contributed by atoms with Crippen LogP contribution in [0.5, 0.6) is 0 Å². The molecule has 138 valence electrons. The molecule has 1 saturated heterocycles. The van der Waals surface area contributed by atoms with Gasteiger partial charge in [-0.2, -0.15) is 0 Å². The van der Waals surface area contributed by atoms with Crippen LogP contribution in [0.4, 0.5) is 18.4 Å². The van der Waals surface area contributed by atoms with Gasteiger partial charge in [0.05, 0.1) is 0 Å². The number of nitrogens with zero attached hydrogens (tertiary/aromatic N) is 2. The molecule has 0 spiro atoms. The third-order valence-electron chi connectivity index (χ3n) is 3.66. The van der Waals surface area contributed by atoms with Crippen LogP contribution in [-0.2, 0) is 11.3 Å². The number of nitrogens with one attached hydrogen (secondary N) is 1. The van der Waals surface area contributed by atoms with Gasteiger partial charge in [0, 0.05) is 44.4 Å². The molecule has 0 bridgehead atoms. The molecule has 1 aromatic rings. The van der Waals surface area contributed by atoms with Gasteiger partial charge in [0.2, 0.25) is 0 Å². The van der Waals surface area contributed by atoms with E-state index in [9.17, 15) is 18.4 Å². The minimum Gasteiger partial charge on any atom is -0.444 e. The van der Waals surface area contributed by atoms with Crippen LogP contribution in [0.3, 0.4) is 0 Å². The van der Waals surface area contributed by atoms with E-state index < -0.39 is 23.3 Å². The molecule has 1 aliphatic heterocycles. The highest BCUT2D eigenvalue weighted by Gasteiger charge is 2.27. The molecule has 1 heterocycles. The predicted octanol–water partition coefficient (Wildman–Crippen LogP) is 2.73. The highest BCUT2D eigenvalue weighted by atomic mass is 19.1. The molecule has 25 heavy (non-hydrogen) atoms. The summed E-state index contributed by atoms with van der Waals surface area (Å²) in [5.74, 6) is -1.36. The van der Waals surface area contributed by atoms with Crippen molar-refractivity contribution in [1.29, 1.82) is 0 Å². The number of amides is 3. The van der Waals surface area contributed by atoms with E-state index in [1.807, 2.05) is 0 Å². The molecular weight excluding hydrogens is 332 g/mol. The van der Waals surface area contributed by atoms with E-state index in [4.69, 9.17) is 4.74 Å². The fourth-order valence-electron chi connectivity index (χ4n) is 2.37. The number of hydrogen-bond donors (Lipinski definition) is 1. The van der Waals surface area contributed by atoms with Crippen LogP contribution in [0.1, 0.15) is 26.3 Å². The van der Waals surface area contributed by atoms with Gasteiger partial charge in [0.25, 0.3) is 0 Å². The van der Waals surface area contributed by atoms with Gasteiger partial charge in [-0.1, -0.05) is 6.07 Å². The number of hydrogen-bond acceptors (Lipinski definition) is 3. The zero-order valence-corrected chi connectivity index (χ0v) is 14.6. The van der Waals surface area contributed by atoms with Crippen LogP contribution in [0.15, 0.2) is 18.2 Å². The molecule has 6 nitrogen and oxygen atoms in total. The molecule has 8 heteroatoms. The maximum absolute atomic E-state index is 13.6. The summed E-state index contributed by atoms with van der Waals surface area (Å²) in [5, 5.41) is 2.60. The first-order chi connectivity index (χ1) is 11.7. The lowest BCUT2D eigenvalue weighted by Gasteiger charge is -2.35. The second-order valence-corrected chi connectivity index (χ2v) is 6.85. The quantitative estimate of drug-likeness (QED) is 0.887. The lowest BCUT2D eigenvalue weighted by Crippen LogP contribution is -2.53. The fraction of sp³-hybridized carbons (Fsp3) is 0.529. The molecule has 0 radical (unpaired) electrons. The first-order valence-corrected chi connectivity index (χ1v) is 8.10. The summed E-state index contributed by atoms with van der Waals surface area (Å²) in [5.41, 5.74) is -0.354. The van der Waals surface area contributed by atoms with Gasteiger partial charge in [0.1, 0.15) is 17.2 Å². The van der Waals surface area contributed by atoms with Gasteiger partial charge < -0.3 is 19.9 Å². The van der Waals surface area contributed by atoms with E-state index in [0.29, 0.717) is 26.2 Å². The standard InChI is InChI=1S/C17H23F2N3O3/c1-17(2,3)25-16(24)22-8-6-21(7-9-22)15(23)20-11-12-4-5-13(18)10-14(12)19/h4-5,10H,6-9,11H2,1-3H3,(H,20,23). The minimum atomic E-state index is -0.699. The van der Waals surface area contributed by atoms with Crippen LogP contribution in [-0.4, -0.2) is 53.7 Å². The van der Waals surface area contributed by atoms with Gasteiger partial charge in [0.15, 0.2) is 0 Å². The molecule has 0 saturated carbocycles. The number of piperazine rings is 1. The Morgan fingerprint density at radius 3 is 2.28 bits per heavy atom. The van der Waals surface area contributed by atoms with Crippen molar-refractivity contribution in [2.75, 3.05) is 26.2 Å². The van der Waals surface area contributed by atoms with Gasteiger partial charge in [-0.3, -0.25) is 0 Å². The fourth-order valence-corrected chi connectivity index (χ4v) is 2.37. The Hall–Kier alpha value is -2.38. The lowest BCUT2D eigenvalue weighted by molar-refractivity contribution is 0.0170. The average Bonchev–Trinajstić information content (AvgIpc) is 2.52. The summed E-state index contributed by atoms with van der Waals surface area (Å²) in [6.07, 6.45) is -0.402. The zero-order valence-electron chi connectivity index (χ0n) is 14.6. The molecule has 1 aromatic carbocycles. The zero-order chi connectivity index (χ0) is 18.6. The number of ether oxygens (including phenoxy) is 1. The van der Waals surface area contributed by atoms with Crippen LogP contribution in [0.2, 0.25) is 0 Å². The van der Waals surface area contributed by atoms with Crippen molar-refractivity contribution in [3.63, 3.8) is 0 Å². The molecule has 1 aliphatic rings. The van der Waals surface area contributed by atoms with Crippen molar-refractivity contribution in [1.82, 2.24) is 15.1 Å². The third kappa shape index (κ3) is 5.58. The summed E-state index contributed by atoms with van der Waals surface area (Å²) in [6.45, 7) is 6.81. The predicted molar refractivity (Wildman–Crippen MR) is 88.0 cm³/mol. The lowest BCUT2D eigenvalue weighted by atomic mass is 10.2. The molecule has 0 atom stereocenters. The van der Waals surface area contributed by atoms with E-state index in [-0.39, 0.29) is 18.1 Å². The molecule has 3 amide bonds. The van der Waals surface area contributed by atoms with Gasteiger partial charge in [-0.05, 0) is 26.8 Å². The van der Waals surface area contributed by atoms with Crippen molar-refractivity contribution in [2.45, 2.75) is 32.9 Å². The minimum absolute atomic E-state index is 0.0305. The number of halogens is 2. The topological polar surface area (TPSA) is 61.9 Å². The van der Waals surface area contributed by atoms with Crippen molar-refractivity contribution in [3.05, 3.63) is 35.4 Å². The smallest absolute Gasteiger partial charge is 0.410 e. The highest BCUT2D eigenvalue weighted by molar-refractivity contribution is 5.75. The monoisotopic (exact) mass is 355 g/mol. The molecule has 1 N–H and O–H groups in total. The second-order valence-electron chi connectivity index (χ2n) is 6.85. The summed E-state index contributed by atoms with van der Waals surface area (Å²) < 4.78 is 31.7. The van der Waals surface area contributed by atoms with Crippen LogP contribution in [0, 0.1) is 11.6 Å². The van der Waals surface area contributed by atoms with E-state index >= 15 is 0 Å². The summed E-state index contributed by atoms with van der Waals surface area (Å²) in [6, 6.07) is 2.86. The Bertz CT molecular complexity index is 639. The molecule has 1 fully saturated rings. The summed E-state index contributed by atoms with van der Waals surface area (Å²) in [7, 11) is 0. The van der Waals surface area contributed by atoms with E-state index in [1.54, 1.807) is 30.6 Å². The number of rotatable bonds is 2. The van der Waals surface area contributed by atoms with E-state index in [0.717, 1.165) is 12.1 Å². The Balaban J connectivity index is 1.80. The van der Waals surface area contributed by atoms with Crippen molar-refractivity contribution in [3.8, 4) is 0 Å². The third-order valence-corrected chi connectivity index (χ3v) is 3.66. The summed E-state index contributed by atoms with van der Waals surface area (Å²) >= 11 is 0. The van der Waals surface area contributed by atoms with Gasteiger partial charge in [-0.25, -0.2) is 18.4 Å². The van der Waals surface area contributed by atoms with Crippen LogP contribution < -0.4 is 5.32 Å². The van der Waals surface area contributed by atoms with E-state index in [2.05, 4.69) is 5.32 Å². The second kappa shape index (κ2) is 7.67. The number of carbonyl (C=O) groups is 2.